The van der Waals surface area contributed by atoms with Crippen LogP contribution in [-0.4, -0.2) is 27.0 Å². The second-order valence-corrected chi connectivity index (χ2v) is 9.05. The van der Waals surface area contributed by atoms with Gasteiger partial charge in [-0.2, -0.15) is 0 Å². The average molecular weight is 442 g/mol. The minimum Gasteiger partial charge on any atom is -0.383 e. The molecule has 0 bridgehead atoms. The summed E-state index contributed by atoms with van der Waals surface area (Å²) in [7, 11) is 1.84. The Morgan fingerprint density at radius 2 is 1.85 bits per heavy atom. The van der Waals surface area contributed by atoms with Gasteiger partial charge in [-0.15, -0.1) is 0 Å². The van der Waals surface area contributed by atoms with E-state index < -0.39 is 5.82 Å². The highest BCUT2D eigenvalue weighted by Gasteiger charge is 2.35. The summed E-state index contributed by atoms with van der Waals surface area (Å²) in [6.07, 6.45) is 6.39. The van der Waals surface area contributed by atoms with Crippen molar-refractivity contribution >= 4 is 28.4 Å². The third kappa shape index (κ3) is 3.26. The smallest absolute Gasteiger partial charge is 0.234 e. The van der Waals surface area contributed by atoms with Crippen molar-refractivity contribution in [2.45, 2.75) is 31.1 Å². The number of nitrogens with two attached hydrogens (primary N) is 1. The minimum atomic E-state index is -0.407. The van der Waals surface area contributed by atoms with Gasteiger partial charge in [-0.3, -0.25) is 4.79 Å². The largest absolute Gasteiger partial charge is 0.383 e. The van der Waals surface area contributed by atoms with Gasteiger partial charge in [0.05, 0.1) is 11.3 Å². The number of nitrogens with zero attached hydrogens (tertiary/aromatic N) is 4. The van der Waals surface area contributed by atoms with Gasteiger partial charge in [0.1, 0.15) is 23.6 Å². The molecule has 1 unspecified atom stereocenters. The predicted molar refractivity (Wildman–Crippen MR) is 126 cm³/mol. The van der Waals surface area contributed by atoms with E-state index in [0.29, 0.717) is 46.1 Å². The number of aryl methyl sites for hydroxylation is 1. The molecule has 0 spiro atoms. The number of fused-ring (bicyclic) bond motifs is 1. The zero-order chi connectivity index (χ0) is 22.7. The van der Waals surface area contributed by atoms with Crippen LogP contribution >= 0.6 is 0 Å². The van der Waals surface area contributed by atoms with Crippen LogP contribution in [0.2, 0.25) is 0 Å². The summed E-state index contributed by atoms with van der Waals surface area (Å²) < 4.78 is 17.1. The van der Waals surface area contributed by atoms with Gasteiger partial charge in [0, 0.05) is 36.6 Å². The number of benzene rings is 2. The summed E-state index contributed by atoms with van der Waals surface area (Å²) in [5.74, 6) is 0.396. The van der Waals surface area contributed by atoms with Crippen molar-refractivity contribution in [1.29, 1.82) is 0 Å². The van der Waals surface area contributed by atoms with Crippen molar-refractivity contribution in [3.8, 4) is 11.1 Å². The molecule has 2 N–H and O–H groups in total. The molecule has 0 radical (unpaired) electrons. The Kier molecular flexibility index (Phi) is 4.47. The van der Waals surface area contributed by atoms with Crippen LogP contribution in [0.5, 0.6) is 0 Å². The van der Waals surface area contributed by atoms with Crippen LogP contribution in [-0.2, 0) is 11.8 Å². The first-order valence-electron chi connectivity index (χ1n) is 11.3. The van der Waals surface area contributed by atoms with E-state index >= 15 is 4.39 Å². The fourth-order valence-electron chi connectivity index (χ4n) is 5.02. The van der Waals surface area contributed by atoms with Crippen LogP contribution in [0.4, 0.5) is 15.9 Å². The van der Waals surface area contributed by atoms with E-state index in [-0.39, 0.29) is 11.8 Å². The van der Waals surface area contributed by atoms with Gasteiger partial charge >= 0.3 is 0 Å². The van der Waals surface area contributed by atoms with Crippen molar-refractivity contribution in [1.82, 2.24) is 14.5 Å². The Hall–Kier alpha value is -3.74. The molecular formula is C26H24FN5O. The van der Waals surface area contributed by atoms with Gasteiger partial charge in [0.25, 0.3) is 0 Å². The average Bonchev–Trinajstić information content (AvgIpc) is 3.52. The molecule has 3 heterocycles. The van der Waals surface area contributed by atoms with Crippen LogP contribution in [0.25, 0.3) is 22.2 Å². The maximum atomic E-state index is 15.3. The molecule has 1 saturated heterocycles. The zero-order valence-electron chi connectivity index (χ0n) is 18.3. The molecule has 2 aromatic carbocycles. The molecule has 1 saturated carbocycles. The number of nitrogen functional groups attached to an aromatic ring is 1. The molecule has 33 heavy (non-hydrogen) atoms. The van der Waals surface area contributed by atoms with E-state index in [1.807, 2.05) is 19.2 Å². The first-order chi connectivity index (χ1) is 16.0. The van der Waals surface area contributed by atoms with E-state index in [9.17, 15) is 4.79 Å². The summed E-state index contributed by atoms with van der Waals surface area (Å²) >= 11 is 0. The Bertz CT molecular complexity index is 1410. The highest BCUT2D eigenvalue weighted by molar-refractivity contribution is 6.02. The maximum Gasteiger partial charge on any atom is 0.234 e. The Morgan fingerprint density at radius 1 is 1.03 bits per heavy atom. The molecule has 2 aromatic heterocycles. The predicted octanol–water partition coefficient (Wildman–Crippen LogP) is 4.75. The molecular weight excluding hydrogens is 417 g/mol. The number of carbonyl (C=O) groups excluding carboxylic acids is 1. The highest BCUT2D eigenvalue weighted by Crippen LogP contribution is 2.42. The molecule has 1 aliphatic heterocycles. The first-order valence-corrected chi connectivity index (χ1v) is 11.3. The molecule has 6 rings (SSSR count). The lowest BCUT2D eigenvalue weighted by atomic mass is 9.95. The van der Waals surface area contributed by atoms with Gasteiger partial charge in [-0.05, 0) is 54.5 Å². The maximum absolute atomic E-state index is 15.3. The van der Waals surface area contributed by atoms with Crippen molar-refractivity contribution in [2.75, 3.05) is 17.2 Å². The van der Waals surface area contributed by atoms with Crippen molar-refractivity contribution in [3.63, 3.8) is 0 Å². The number of amides is 1. The Labute approximate surface area is 190 Å². The lowest BCUT2D eigenvalue weighted by Gasteiger charge is -2.18. The molecule has 6 nitrogen and oxygen atoms in total. The Morgan fingerprint density at radius 3 is 2.64 bits per heavy atom. The van der Waals surface area contributed by atoms with Crippen LogP contribution < -0.4 is 10.6 Å². The fraction of sp³-hybridized carbons (Fsp3) is 0.269. The van der Waals surface area contributed by atoms with Gasteiger partial charge in [-0.1, -0.05) is 24.3 Å². The molecule has 2 aliphatic rings. The zero-order valence-corrected chi connectivity index (χ0v) is 18.3. The van der Waals surface area contributed by atoms with Crippen molar-refractivity contribution in [2.24, 2.45) is 7.05 Å². The third-order valence-corrected chi connectivity index (χ3v) is 6.90. The van der Waals surface area contributed by atoms with Crippen molar-refractivity contribution < 1.29 is 9.18 Å². The van der Waals surface area contributed by atoms with Crippen LogP contribution in [0.1, 0.15) is 42.2 Å². The van der Waals surface area contributed by atoms with E-state index in [0.717, 1.165) is 12.0 Å². The van der Waals surface area contributed by atoms with Crippen LogP contribution in [0, 0.1) is 5.82 Å². The van der Waals surface area contributed by atoms with Gasteiger partial charge in [0.15, 0.2) is 0 Å². The summed E-state index contributed by atoms with van der Waals surface area (Å²) in [6, 6.07) is 13.4. The molecule has 1 aliphatic carbocycles. The topological polar surface area (TPSA) is 77.0 Å². The summed E-state index contributed by atoms with van der Waals surface area (Å²) in [5, 5.41) is 0.625. The second kappa shape index (κ2) is 7.40. The molecule has 4 aromatic rings. The normalized spacial score (nSPS) is 18.4. The monoisotopic (exact) mass is 441 g/mol. The number of aromatic nitrogens is 3. The van der Waals surface area contributed by atoms with E-state index in [2.05, 4.69) is 22.1 Å². The number of anilines is 2. The van der Waals surface area contributed by atoms with Gasteiger partial charge < -0.3 is 15.2 Å². The minimum absolute atomic E-state index is 0.0258. The molecule has 1 amide bonds. The van der Waals surface area contributed by atoms with Crippen LogP contribution in [0.3, 0.4) is 0 Å². The number of hydrogen-bond donors (Lipinski definition) is 1. The van der Waals surface area contributed by atoms with E-state index in [1.54, 1.807) is 27.8 Å². The van der Waals surface area contributed by atoms with Crippen LogP contribution in [0.15, 0.2) is 55.0 Å². The first kappa shape index (κ1) is 19.9. The molecule has 1 atom stereocenters. The second-order valence-electron chi connectivity index (χ2n) is 9.05. The number of carbonyl (C=O) groups is 1. The number of hydrogen-bond acceptors (Lipinski definition) is 4. The quantitative estimate of drug-likeness (QED) is 0.496. The Balaban J connectivity index is 1.31. The third-order valence-electron chi connectivity index (χ3n) is 6.90. The lowest BCUT2D eigenvalue weighted by Crippen LogP contribution is -2.26. The van der Waals surface area contributed by atoms with E-state index in [4.69, 9.17) is 5.73 Å². The number of halogens is 1. The summed E-state index contributed by atoms with van der Waals surface area (Å²) in [4.78, 5) is 23.3. The SMILES string of the molecule is Cn1cc(-c2ccc(N3CCC(c4cccc(C5CC5)c4)C3=O)cc2F)c2c(N)ncnc21. The number of rotatable bonds is 4. The molecule has 166 valence electrons. The van der Waals surface area contributed by atoms with Crippen molar-refractivity contribution in [3.05, 3.63) is 71.9 Å². The molecule has 2 fully saturated rings. The lowest BCUT2D eigenvalue weighted by molar-refractivity contribution is -0.118. The highest BCUT2D eigenvalue weighted by atomic mass is 19.1. The molecule has 7 heteroatoms. The fourth-order valence-corrected chi connectivity index (χ4v) is 5.02. The van der Waals surface area contributed by atoms with Gasteiger partial charge in [0.2, 0.25) is 5.91 Å². The van der Waals surface area contributed by atoms with E-state index in [1.165, 1.54) is 30.8 Å². The standard InChI is InChI=1S/C26H24FN5O/c1-31-13-21(23-24(28)29-14-30-25(23)31)20-8-7-18(12-22(20)27)32-10-9-19(26(32)33)17-4-2-3-16(11-17)15-5-6-15/h2-4,7-8,11-15,19H,5-6,9-10H2,1H3,(H2,28,29,30). The summed E-state index contributed by atoms with van der Waals surface area (Å²) in [6.45, 7) is 0.574. The van der Waals surface area contributed by atoms with Gasteiger partial charge in [-0.25, -0.2) is 14.4 Å². The summed E-state index contributed by atoms with van der Waals surface area (Å²) in [5.41, 5.74) is 10.7.